The lowest BCUT2D eigenvalue weighted by Crippen LogP contribution is -2.40. The fourth-order valence-corrected chi connectivity index (χ4v) is 5.05. The fraction of sp³-hybridized carbons (Fsp3) is 0.545. The second kappa shape index (κ2) is 8.62. The Hall–Kier alpha value is -3.05. The van der Waals surface area contributed by atoms with Gasteiger partial charge in [0.1, 0.15) is 17.9 Å². The molecule has 1 saturated carbocycles. The predicted octanol–water partition coefficient (Wildman–Crippen LogP) is 4.72. The first-order valence-electron chi connectivity index (χ1n) is 11.1. The largest absolute Gasteiger partial charge is 0.488 e. The van der Waals surface area contributed by atoms with E-state index >= 15 is 0 Å². The van der Waals surface area contributed by atoms with Crippen LogP contribution in [0.4, 0.5) is 27.8 Å². The van der Waals surface area contributed by atoms with Crippen molar-refractivity contribution in [1.29, 1.82) is 0 Å². The van der Waals surface area contributed by atoms with E-state index in [1.165, 1.54) is 18.3 Å². The van der Waals surface area contributed by atoms with Gasteiger partial charge in [-0.25, -0.2) is 28.4 Å². The molecule has 2 aliphatic rings. The average molecular weight is 482 g/mol. The smallest absolute Gasteiger partial charge is 0.437 e. The highest BCUT2D eigenvalue weighted by Gasteiger charge is 2.44. The number of aromatic nitrogens is 5. The van der Waals surface area contributed by atoms with E-state index < -0.39 is 24.8 Å². The Labute approximate surface area is 192 Å². The number of anilines is 1. The van der Waals surface area contributed by atoms with Crippen LogP contribution in [0.3, 0.4) is 0 Å². The summed E-state index contributed by atoms with van der Waals surface area (Å²) in [7, 11) is 0. The molecule has 1 atom stereocenters. The molecular formula is C22H23F5N6O. The first-order valence-corrected chi connectivity index (χ1v) is 11.1. The summed E-state index contributed by atoms with van der Waals surface area (Å²) in [6.45, 7) is 0.840. The Morgan fingerprint density at radius 1 is 1.12 bits per heavy atom. The van der Waals surface area contributed by atoms with Gasteiger partial charge in [-0.2, -0.15) is 18.3 Å². The van der Waals surface area contributed by atoms with Crippen molar-refractivity contribution in [3.05, 3.63) is 36.4 Å². The summed E-state index contributed by atoms with van der Waals surface area (Å²) >= 11 is 0. The maximum atomic E-state index is 13.2. The summed E-state index contributed by atoms with van der Waals surface area (Å²) in [4.78, 5) is 14.4. The van der Waals surface area contributed by atoms with E-state index in [0.717, 1.165) is 30.1 Å². The average Bonchev–Trinajstić information content (AvgIpc) is 3.37. The van der Waals surface area contributed by atoms with E-state index in [2.05, 4.69) is 25.0 Å². The van der Waals surface area contributed by atoms with Crippen LogP contribution in [-0.2, 0) is 12.7 Å². The van der Waals surface area contributed by atoms with Crippen molar-refractivity contribution in [2.24, 2.45) is 5.41 Å². The molecular weight excluding hydrogens is 459 g/mol. The molecule has 0 radical (unpaired) electrons. The van der Waals surface area contributed by atoms with Crippen molar-refractivity contribution in [1.82, 2.24) is 24.7 Å². The summed E-state index contributed by atoms with van der Waals surface area (Å²) in [5.74, 6) is 0.382. The van der Waals surface area contributed by atoms with Crippen LogP contribution < -0.4 is 9.64 Å². The lowest BCUT2D eigenvalue weighted by Gasteiger charge is -2.39. The first-order chi connectivity index (χ1) is 16.2. The third kappa shape index (κ3) is 4.49. The summed E-state index contributed by atoms with van der Waals surface area (Å²) < 4.78 is 72.3. The highest BCUT2D eigenvalue weighted by molar-refractivity contribution is 5.71. The highest BCUT2D eigenvalue weighted by atomic mass is 19.4. The van der Waals surface area contributed by atoms with Crippen molar-refractivity contribution in [3.63, 3.8) is 0 Å². The van der Waals surface area contributed by atoms with Crippen LogP contribution in [0.15, 0.2) is 30.7 Å². The van der Waals surface area contributed by atoms with Gasteiger partial charge >= 0.3 is 6.18 Å². The molecule has 0 amide bonds. The summed E-state index contributed by atoms with van der Waals surface area (Å²) in [5, 5.41) is 3.95. The van der Waals surface area contributed by atoms with Crippen LogP contribution in [0.25, 0.3) is 11.2 Å². The number of alkyl halides is 5. The molecule has 12 heteroatoms. The van der Waals surface area contributed by atoms with Gasteiger partial charge in [-0.1, -0.05) is 0 Å². The lowest BCUT2D eigenvalue weighted by molar-refractivity contribution is -0.143. The van der Waals surface area contributed by atoms with Gasteiger partial charge in [-0.15, -0.1) is 0 Å². The normalized spacial score (nSPS) is 20.5. The summed E-state index contributed by atoms with van der Waals surface area (Å²) in [6.07, 6.45) is 0.665. The molecule has 0 N–H and O–H groups in total. The van der Waals surface area contributed by atoms with Crippen LogP contribution in [0.1, 0.15) is 37.8 Å². The molecule has 5 rings (SSSR count). The van der Waals surface area contributed by atoms with Crippen LogP contribution in [-0.4, -0.2) is 50.4 Å². The quantitative estimate of drug-likeness (QED) is 0.490. The second-order valence-corrected chi connectivity index (χ2v) is 8.97. The molecule has 0 aromatic carbocycles. The van der Waals surface area contributed by atoms with Gasteiger partial charge in [-0.05, 0) is 49.7 Å². The molecule has 1 aliphatic heterocycles. The van der Waals surface area contributed by atoms with Gasteiger partial charge in [-0.3, -0.25) is 0 Å². The number of fused-ring (bicyclic) bond motifs is 1. The molecule has 1 unspecified atom stereocenters. The number of rotatable bonds is 5. The van der Waals surface area contributed by atoms with Gasteiger partial charge in [0.05, 0.1) is 18.5 Å². The van der Waals surface area contributed by atoms with Gasteiger partial charge in [0.15, 0.2) is 17.1 Å². The molecule has 2 fully saturated rings. The summed E-state index contributed by atoms with van der Waals surface area (Å²) in [6, 6.07) is 2.76. The Balaban J connectivity index is 1.24. The van der Waals surface area contributed by atoms with Crippen LogP contribution in [0.2, 0.25) is 0 Å². The monoisotopic (exact) mass is 482 g/mol. The topological polar surface area (TPSA) is 69.0 Å². The van der Waals surface area contributed by atoms with Gasteiger partial charge in [0.2, 0.25) is 0 Å². The second-order valence-electron chi connectivity index (χ2n) is 8.97. The Kier molecular flexibility index (Phi) is 5.76. The maximum Gasteiger partial charge on any atom is 0.437 e. The Bertz CT molecular complexity index is 1160. The molecule has 7 nitrogen and oxygen atoms in total. The molecule has 182 valence electrons. The van der Waals surface area contributed by atoms with Gasteiger partial charge in [0.25, 0.3) is 6.43 Å². The van der Waals surface area contributed by atoms with E-state index in [4.69, 9.17) is 4.74 Å². The zero-order chi connectivity index (χ0) is 23.9. The van der Waals surface area contributed by atoms with Crippen LogP contribution in [0, 0.1) is 5.41 Å². The number of ether oxygens (including phenoxy) is 1. The number of pyridine rings is 1. The summed E-state index contributed by atoms with van der Waals surface area (Å²) in [5.41, 5.74) is -0.214. The standard InChI is InChI=1S/C22H23F5N6O/c23-17(24)13-33-20-15(11-30-33)29-12-18(31-20)32-8-5-21(6-9-32)4-3-14(10-21)34-16-2-1-7-28-19(16)22(25,26)27/h1-2,7,11-12,14,17H,3-6,8-10,13H2. The van der Waals surface area contributed by atoms with Crippen LogP contribution >= 0.6 is 0 Å². The molecule has 34 heavy (non-hydrogen) atoms. The fourth-order valence-electron chi connectivity index (χ4n) is 5.05. The minimum Gasteiger partial charge on any atom is -0.488 e. The highest BCUT2D eigenvalue weighted by Crippen LogP contribution is 2.48. The van der Waals surface area contributed by atoms with E-state index in [-0.39, 0.29) is 17.3 Å². The van der Waals surface area contributed by atoms with E-state index in [1.807, 2.05) is 0 Å². The number of nitrogens with zero attached hydrogens (tertiary/aromatic N) is 6. The van der Waals surface area contributed by atoms with Gasteiger partial charge in [0, 0.05) is 19.3 Å². The molecule has 3 aromatic heterocycles. The van der Waals surface area contributed by atoms with Crippen molar-refractivity contribution >= 4 is 17.0 Å². The van der Waals surface area contributed by atoms with Crippen molar-refractivity contribution in [2.45, 2.75) is 57.4 Å². The Morgan fingerprint density at radius 2 is 1.91 bits per heavy atom. The molecule has 1 aliphatic carbocycles. The zero-order valence-electron chi connectivity index (χ0n) is 18.2. The number of hydrogen-bond acceptors (Lipinski definition) is 6. The van der Waals surface area contributed by atoms with E-state index in [1.54, 1.807) is 6.20 Å². The van der Waals surface area contributed by atoms with Crippen molar-refractivity contribution < 1.29 is 26.7 Å². The first kappa shape index (κ1) is 22.7. The number of hydrogen-bond donors (Lipinski definition) is 0. The molecule has 3 aromatic rings. The SMILES string of the molecule is FC(F)Cn1ncc2ncc(N3CCC4(CCC(Oc5cccnc5C(F)(F)F)C4)CC3)nc21. The van der Waals surface area contributed by atoms with E-state index in [0.29, 0.717) is 42.9 Å². The number of piperidine rings is 1. The molecule has 4 heterocycles. The Morgan fingerprint density at radius 3 is 2.65 bits per heavy atom. The molecule has 1 spiro atoms. The molecule has 1 saturated heterocycles. The third-order valence-electron chi connectivity index (χ3n) is 6.78. The van der Waals surface area contributed by atoms with Crippen molar-refractivity contribution in [3.8, 4) is 5.75 Å². The van der Waals surface area contributed by atoms with Gasteiger partial charge < -0.3 is 9.64 Å². The predicted molar refractivity (Wildman–Crippen MR) is 113 cm³/mol. The lowest BCUT2D eigenvalue weighted by atomic mass is 9.77. The van der Waals surface area contributed by atoms with Crippen molar-refractivity contribution in [2.75, 3.05) is 18.0 Å². The van der Waals surface area contributed by atoms with E-state index in [9.17, 15) is 22.0 Å². The minimum atomic E-state index is -4.56. The van der Waals surface area contributed by atoms with Crippen LogP contribution in [0.5, 0.6) is 5.75 Å². The molecule has 0 bridgehead atoms. The third-order valence-corrected chi connectivity index (χ3v) is 6.78. The zero-order valence-corrected chi connectivity index (χ0v) is 18.2. The number of halogens is 5. The minimum absolute atomic E-state index is 0.00322. The maximum absolute atomic E-state index is 13.2.